The van der Waals surface area contributed by atoms with Crippen LogP contribution < -0.4 is 19.2 Å². The number of carbonyl (C=O) groups is 1. The molecule has 0 aromatic heterocycles. The average molecular weight is 691 g/mol. The number of amides is 1. The number of nitrogens with one attached hydrogen (secondary N) is 1. The molecule has 1 amide bonds. The second kappa shape index (κ2) is 14.1. The number of rotatable bonds is 11. The van der Waals surface area contributed by atoms with E-state index in [1.807, 2.05) is 6.07 Å². The minimum absolute atomic E-state index is 0.0722. The maximum absolute atomic E-state index is 13.5. The molecule has 4 aromatic rings. The maximum Gasteiger partial charge on any atom is 0.264 e. The van der Waals surface area contributed by atoms with Crippen molar-refractivity contribution in [1.82, 2.24) is 5.43 Å². The molecule has 4 aromatic carbocycles. The summed E-state index contributed by atoms with van der Waals surface area (Å²) in [4.78, 5) is 13.0. The van der Waals surface area contributed by atoms with Crippen molar-refractivity contribution in [2.24, 2.45) is 5.10 Å². The highest BCUT2D eigenvalue weighted by molar-refractivity contribution is 9.10. The highest BCUT2D eigenvalue weighted by Gasteiger charge is 2.28. The fraction of sp³-hybridized carbons (Fsp3) is 0.133. The van der Waals surface area contributed by atoms with Gasteiger partial charge in [-0.1, -0.05) is 65.7 Å². The molecule has 1 N–H and O–H groups in total. The van der Waals surface area contributed by atoms with E-state index in [0.29, 0.717) is 42.8 Å². The number of anilines is 1. The van der Waals surface area contributed by atoms with E-state index >= 15 is 0 Å². The second-order valence-corrected chi connectivity index (χ2v) is 12.5. The third-order valence-electron chi connectivity index (χ3n) is 6.02. The van der Waals surface area contributed by atoms with Gasteiger partial charge in [0.25, 0.3) is 15.9 Å². The molecule has 0 unspecified atom stereocenters. The van der Waals surface area contributed by atoms with E-state index in [4.69, 9.17) is 32.7 Å². The molecule has 0 saturated heterocycles. The number of hydrogen-bond acceptors (Lipinski definition) is 6. The fourth-order valence-electron chi connectivity index (χ4n) is 3.95. The summed E-state index contributed by atoms with van der Waals surface area (Å²) in [5.41, 5.74) is 4.92. The number of hydrogen-bond donors (Lipinski definition) is 1. The lowest BCUT2D eigenvalue weighted by Gasteiger charge is -2.25. The van der Waals surface area contributed by atoms with Crippen molar-refractivity contribution >= 4 is 67.0 Å². The number of methoxy groups -OCH3 is 1. The summed E-state index contributed by atoms with van der Waals surface area (Å²) in [6.07, 6.45) is 1.41. The zero-order valence-corrected chi connectivity index (χ0v) is 26.5. The van der Waals surface area contributed by atoms with E-state index in [1.54, 1.807) is 73.7 Å². The quantitative estimate of drug-likeness (QED) is 0.135. The van der Waals surface area contributed by atoms with Crippen molar-refractivity contribution in [3.05, 3.63) is 116 Å². The van der Waals surface area contributed by atoms with Gasteiger partial charge in [0.05, 0.1) is 38.4 Å². The van der Waals surface area contributed by atoms with Gasteiger partial charge in [-0.15, -0.1) is 0 Å². The summed E-state index contributed by atoms with van der Waals surface area (Å²) in [6, 6.07) is 23.5. The molecule has 8 nitrogen and oxygen atoms in total. The summed E-state index contributed by atoms with van der Waals surface area (Å²) in [6.45, 7) is 1.52. The molecule has 0 bridgehead atoms. The maximum atomic E-state index is 13.5. The van der Waals surface area contributed by atoms with Gasteiger partial charge in [-0.05, 0) is 82.0 Å². The first kappa shape index (κ1) is 31.4. The van der Waals surface area contributed by atoms with E-state index in [1.165, 1.54) is 25.5 Å². The van der Waals surface area contributed by atoms with Gasteiger partial charge in [0.2, 0.25) is 0 Å². The number of para-hydroxylation sites is 1. The summed E-state index contributed by atoms with van der Waals surface area (Å²) in [7, 11) is -2.52. The molecule has 0 heterocycles. The molecule has 0 spiro atoms. The first-order chi connectivity index (χ1) is 20.1. The number of hydrazone groups is 1. The summed E-state index contributed by atoms with van der Waals surface area (Å²) >= 11 is 15.6. The lowest BCUT2D eigenvalue weighted by molar-refractivity contribution is -0.119. The molecule has 4 rings (SSSR count). The predicted molar refractivity (Wildman–Crippen MR) is 169 cm³/mol. The van der Waals surface area contributed by atoms with Gasteiger partial charge in [-0.2, -0.15) is 5.10 Å². The van der Waals surface area contributed by atoms with Crippen LogP contribution in [0.5, 0.6) is 11.5 Å². The lowest BCUT2D eigenvalue weighted by Crippen LogP contribution is -2.40. The summed E-state index contributed by atoms with van der Waals surface area (Å²) < 4.78 is 40.1. The molecule has 0 atom stereocenters. The van der Waals surface area contributed by atoms with Crippen molar-refractivity contribution in [1.29, 1.82) is 0 Å². The SMILES string of the molecule is COc1cc(/C=N\NC(=O)CN(c2ccccc2C)S(=O)(=O)c2ccccc2)cc(Br)c1OCc1ccc(Cl)c(Cl)c1. The van der Waals surface area contributed by atoms with Gasteiger partial charge in [-0.3, -0.25) is 9.10 Å². The van der Waals surface area contributed by atoms with Crippen molar-refractivity contribution in [3.63, 3.8) is 0 Å². The number of halogens is 3. The van der Waals surface area contributed by atoms with Gasteiger partial charge in [0.1, 0.15) is 13.2 Å². The lowest BCUT2D eigenvalue weighted by atomic mass is 10.2. The van der Waals surface area contributed by atoms with Crippen molar-refractivity contribution < 1.29 is 22.7 Å². The minimum atomic E-state index is -4.03. The number of carbonyl (C=O) groups excluding carboxylic acids is 1. The topological polar surface area (TPSA) is 97.3 Å². The zero-order chi connectivity index (χ0) is 30.3. The van der Waals surface area contributed by atoms with Crippen molar-refractivity contribution in [2.75, 3.05) is 18.0 Å². The fourth-order valence-corrected chi connectivity index (χ4v) is 6.35. The van der Waals surface area contributed by atoms with E-state index in [9.17, 15) is 13.2 Å². The van der Waals surface area contributed by atoms with Gasteiger partial charge in [0.15, 0.2) is 11.5 Å². The summed E-state index contributed by atoms with van der Waals surface area (Å²) in [5, 5.41) is 4.91. The standard InChI is InChI=1S/C30H26BrCl2N3O5S/c1-20-8-6-7-11-27(20)36(42(38,39)23-9-4-3-5-10-23)18-29(37)35-34-17-22-14-24(31)30(28(16-22)40-2)41-19-21-12-13-25(32)26(33)15-21/h3-17H,18-19H2,1-2H3,(H,35,37)/b34-17-. The summed E-state index contributed by atoms with van der Waals surface area (Å²) in [5.74, 6) is 0.267. The molecular formula is C30H26BrCl2N3O5S. The Balaban J connectivity index is 1.48. The Hall–Kier alpha value is -3.57. The van der Waals surface area contributed by atoms with Crippen LogP contribution >= 0.6 is 39.1 Å². The van der Waals surface area contributed by atoms with E-state index in [0.717, 1.165) is 9.87 Å². The average Bonchev–Trinajstić information content (AvgIpc) is 2.97. The van der Waals surface area contributed by atoms with Crippen LogP contribution in [-0.2, 0) is 21.4 Å². The predicted octanol–water partition coefficient (Wildman–Crippen LogP) is 7.00. The van der Waals surface area contributed by atoms with Gasteiger partial charge >= 0.3 is 0 Å². The molecular weight excluding hydrogens is 665 g/mol. The zero-order valence-electron chi connectivity index (χ0n) is 22.6. The smallest absolute Gasteiger partial charge is 0.264 e. The Bertz CT molecular complexity index is 1720. The van der Waals surface area contributed by atoms with Crippen LogP contribution in [0.2, 0.25) is 10.0 Å². The van der Waals surface area contributed by atoms with Crippen molar-refractivity contribution in [2.45, 2.75) is 18.4 Å². The molecule has 0 aliphatic rings. The molecule has 0 radical (unpaired) electrons. The van der Waals surface area contributed by atoms with E-state index in [2.05, 4.69) is 26.5 Å². The van der Waals surface area contributed by atoms with E-state index in [-0.39, 0.29) is 11.5 Å². The van der Waals surface area contributed by atoms with Crippen LogP contribution in [0, 0.1) is 6.92 Å². The van der Waals surface area contributed by atoms with Crippen molar-refractivity contribution in [3.8, 4) is 11.5 Å². The number of nitrogens with zero attached hydrogens (tertiary/aromatic N) is 2. The van der Waals surface area contributed by atoms with Crippen LogP contribution in [0.15, 0.2) is 99.4 Å². The van der Waals surface area contributed by atoms with E-state index < -0.39 is 22.5 Å². The molecule has 0 aliphatic carbocycles. The van der Waals surface area contributed by atoms with Crippen LogP contribution in [0.4, 0.5) is 5.69 Å². The third kappa shape index (κ3) is 7.63. The number of benzene rings is 4. The normalized spacial score (nSPS) is 11.4. The highest BCUT2D eigenvalue weighted by Crippen LogP contribution is 2.37. The third-order valence-corrected chi connectivity index (χ3v) is 9.13. The van der Waals surface area contributed by atoms with Crippen LogP contribution in [0.3, 0.4) is 0 Å². The number of aryl methyl sites for hydroxylation is 1. The van der Waals surface area contributed by atoms with Gasteiger partial charge < -0.3 is 9.47 Å². The Labute approximate surface area is 263 Å². The Kier molecular flexibility index (Phi) is 10.5. The highest BCUT2D eigenvalue weighted by atomic mass is 79.9. The first-order valence-electron chi connectivity index (χ1n) is 12.5. The molecule has 0 fully saturated rings. The van der Waals surface area contributed by atoms with Gasteiger partial charge in [0, 0.05) is 0 Å². The molecule has 0 aliphatic heterocycles. The van der Waals surface area contributed by atoms with Crippen LogP contribution in [-0.4, -0.2) is 34.2 Å². The number of sulfonamides is 1. The monoisotopic (exact) mass is 689 g/mol. The Morgan fingerprint density at radius 1 is 1.00 bits per heavy atom. The van der Waals surface area contributed by atoms with Crippen LogP contribution in [0.1, 0.15) is 16.7 Å². The first-order valence-corrected chi connectivity index (χ1v) is 15.5. The molecule has 12 heteroatoms. The minimum Gasteiger partial charge on any atom is -0.493 e. The molecule has 0 saturated carbocycles. The number of ether oxygens (including phenoxy) is 2. The Morgan fingerprint density at radius 3 is 2.40 bits per heavy atom. The molecule has 218 valence electrons. The second-order valence-electron chi connectivity index (χ2n) is 8.98. The Morgan fingerprint density at radius 2 is 1.71 bits per heavy atom. The van der Waals surface area contributed by atoms with Gasteiger partial charge in [-0.25, -0.2) is 13.8 Å². The molecule has 42 heavy (non-hydrogen) atoms. The largest absolute Gasteiger partial charge is 0.493 e. The van der Waals surface area contributed by atoms with Crippen LogP contribution in [0.25, 0.3) is 0 Å².